The van der Waals surface area contributed by atoms with Crippen LogP contribution in [-0.4, -0.2) is 29.8 Å². The van der Waals surface area contributed by atoms with Crippen LogP contribution in [0.2, 0.25) is 10.0 Å². The molecule has 162 valence electrons. The van der Waals surface area contributed by atoms with Crippen molar-refractivity contribution < 1.29 is 23.8 Å². The fraction of sp³-hybridized carbons (Fsp3) is 0.381. The average molecular weight is 455 g/mol. The summed E-state index contributed by atoms with van der Waals surface area (Å²) in [5.41, 5.74) is 0.834. The second-order valence-electron chi connectivity index (χ2n) is 7.36. The molecule has 0 aliphatic carbocycles. The van der Waals surface area contributed by atoms with E-state index in [0.717, 1.165) is 0 Å². The maximum Gasteiger partial charge on any atom is 0.412 e. The number of aryl methyl sites for hydroxylation is 1. The van der Waals surface area contributed by atoms with E-state index in [1.165, 1.54) is 13.3 Å². The zero-order chi connectivity index (χ0) is 22.3. The first-order chi connectivity index (χ1) is 14.1. The molecule has 0 unspecified atom stereocenters. The molecule has 30 heavy (non-hydrogen) atoms. The lowest BCUT2D eigenvalue weighted by Crippen LogP contribution is -2.27. The van der Waals surface area contributed by atoms with E-state index in [4.69, 9.17) is 32.7 Å². The molecule has 1 aromatic carbocycles. The Kier molecular flexibility index (Phi) is 8.32. The van der Waals surface area contributed by atoms with Crippen molar-refractivity contribution in [1.82, 2.24) is 4.98 Å². The molecule has 1 amide bonds. The summed E-state index contributed by atoms with van der Waals surface area (Å²) < 4.78 is 15.7. The van der Waals surface area contributed by atoms with E-state index >= 15 is 0 Å². The summed E-state index contributed by atoms with van der Waals surface area (Å²) in [5, 5.41) is 3.63. The van der Waals surface area contributed by atoms with Crippen molar-refractivity contribution in [2.24, 2.45) is 0 Å². The minimum atomic E-state index is -0.668. The molecule has 9 heteroatoms. The minimum Gasteiger partial charge on any atom is -0.487 e. The van der Waals surface area contributed by atoms with E-state index in [-0.39, 0.29) is 25.4 Å². The minimum absolute atomic E-state index is 0.113. The molecule has 0 saturated heterocycles. The van der Waals surface area contributed by atoms with Gasteiger partial charge in [0.05, 0.1) is 31.1 Å². The maximum absolute atomic E-state index is 12.2. The van der Waals surface area contributed by atoms with Gasteiger partial charge in [-0.3, -0.25) is 15.1 Å². The molecule has 0 aliphatic rings. The largest absolute Gasteiger partial charge is 0.487 e. The number of aromatic nitrogens is 1. The van der Waals surface area contributed by atoms with E-state index in [9.17, 15) is 9.59 Å². The molecule has 0 aliphatic heterocycles. The highest BCUT2D eigenvalue weighted by Gasteiger charge is 2.19. The van der Waals surface area contributed by atoms with Crippen LogP contribution in [-0.2, 0) is 27.3 Å². The van der Waals surface area contributed by atoms with Crippen LogP contribution < -0.4 is 10.1 Å². The molecule has 1 heterocycles. The Morgan fingerprint density at radius 1 is 1.17 bits per heavy atom. The third-order valence-electron chi connectivity index (χ3n) is 3.82. The first-order valence-electron chi connectivity index (χ1n) is 9.20. The van der Waals surface area contributed by atoms with E-state index < -0.39 is 11.7 Å². The summed E-state index contributed by atoms with van der Waals surface area (Å²) in [7, 11) is 1.31. The van der Waals surface area contributed by atoms with Gasteiger partial charge >= 0.3 is 12.1 Å². The highest BCUT2D eigenvalue weighted by atomic mass is 35.5. The predicted molar refractivity (Wildman–Crippen MR) is 115 cm³/mol. The number of hydrogen-bond acceptors (Lipinski definition) is 6. The van der Waals surface area contributed by atoms with E-state index in [2.05, 4.69) is 15.0 Å². The monoisotopic (exact) mass is 454 g/mol. The quantitative estimate of drug-likeness (QED) is 0.561. The molecular weight excluding hydrogens is 431 g/mol. The number of halogens is 2. The Labute approximate surface area is 185 Å². The molecule has 7 nitrogen and oxygen atoms in total. The summed E-state index contributed by atoms with van der Waals surface area (Å²) >= 11 is 12.3. The first kappa shape index (κ1) is 23.8. The van der Waals surface area contributed by atoms with Gasteiger partial charge in [-0.15, -0.1) is 0 Å². The standard InChI is InChI=1S/C21H24Cl2N2O5/c1-21(2,3)30-20(27)25-18-10-13(11-24-17(18)8-9-19(26)28-4)29-12-14-15(22)6-5-7-16(14)23/h5-7,10-11H,8-9,12H2,1-4H3,(H,25,27). The first-order valence-corrected chi connectivity index (χ1v) is 9.96. The van der Waals surface area contributed by atoms with Crippen molar-refractivity contribution in [2.45, 2.75) is 45.8 Å². The maximum atomic E-state index is 12.2. The Bertz CT molecular complexity index is 893. The highest BCUT2D eigenvalue weighted by molar-refractivity contribution is 6.35. The molecule has 0 atom stereocenters. The Balaban J connectivity index is 2.21. The number of esters is 1. The number of amides is 1. The smallest absolute Gasteiger partial charge is 0.412 e. The van der Waals surface area contributed by atoms with Crippen molar-refractivity contribution in [3.63, 3.8) is 0 Å². The van der Waals surface area contributed by atoms with E-state index in [1.54, 1.807) is 45.0 Å². The molecule has 0 bridgehead atoms. The number of benzene rings is 1. The molecule has 0 saturated carbocycles. The molecule has 2 rings (SSSR count). The lowest BCUT2D eigenvalue weighted by molar-refractivity contribution is -0.140. The average Bonchev–Trinajstić information content (AvgIpc) is 2.65. The van der Waals surface area contributed by atoms with Crippen LogP contribution in [0.4, 0.5) is 10.5 Å². The fourth-order valence-electron chi connectivity index (χ4n) is 2.42. The van der Waals surface area contributed by atoms with Gasteiger partial charge in [0.25, 0.3) is 0 Å². The van der Waals surface area contributed by atoms with Gasteiger partial charge in [-0.25, -0.2) is 4.79 Å². The SMILES string of the molecule is COC(=O)CCc1ncc(OCc2c(Cl)cccc2Cl)cc1NC(=O)OC(C)(C)C. The van der Waals surface area contributed by atoms with E-state index in [1.807, 2.05) is 0 Å². The summed E-state index contributed by atoms with van der Waals surface area (Å²) in [4.78, 5) is 28.0. The van der Waals surface area contributed by atoms with Crippen LogP contribution in [0.15, 0.2) is 30.5 Å². The van der Waals surface area contributed by atoms with Crippen LogP contribution in [0.1, 0.15) is 38.4 Å². The number of methoxy groups -OCH3 is 1. The predicted octanol–water partition coefficient (Wildman–Crippen LogP) is 5.42. The van der Waals surface area contributed by atoms with Gasteiger partial charge in [-0.1, -0.05) is 29.3 Å². The van der Waals surface area contributed by atoms with Gasteiger partial charge in [0, 0.05) is 28.1 Å². The number of ether oxygens (including phenoxy) is 3. The number of hydrogen-bond donors (Lipinski definition) is 1. The third-order valence-corrected chi connectivity index (χ3v) is 4.53. The van der Waals surface area contributed by atoms with Crippen LogP contribution in [0.5, 0.6) is 5.75 Å². The number of pyridine rings is 1. The van der Waals surface area contributed by atoms with Crippen molar-refractivity contribution in [3.05, 3.63) is 51.8 Å². The summed E-state index contributed by atoms with van der Waals surface area (Å²) in [6, 6.07) is 6.79. The van der Waals surface area contributed by atoms with Gasteiger partial charge in [0.2, 0.25) is 0 Å². The zero-order valence-corrected chi connectivity index (χ0v) is 18.8. The van der Waals surface area contributed by atoms with Crippen molar-refractivity contribution in [2.75, 3.05) is 12.4 Å². The zero-order valence-electron chi connectivity index (χ0n) is 17.3. The van der Waals surface area contributed by atoms with Crippen LogP contribution >= 0.6 is 23.2 Å². The Morgan fingerprint density at radius 2 is 1.83 bits per heavy atom. The number of carbonyl (C=O) groups excluding carboxylic acids is 2. The number of nitrogens with one attached hydrogen (secondary N) is 1. The van der Waals surface area contributed by atoms with Crippen molar-refractivity contribution in [1.29, 1.82) is 0 Å². The molecule has 1 aromatic heterocycles. The van der Waals surface area contributed by atoms with Crippen LogP contribution in [0, 0.1) is 0 Å². The molecule has 0 fully saturated rings. The topological polar surface area (TPSA) is 86.8 Å². The molecule has 1 N–H and O–H groups in total. The summed E-state index contributed by atoms with van der Waals surface area (Å²) in [6.07, 6.45) is 1.24. The van der Waals surface area contributed by atoms with E-state index in [0.29, 0.717) is 32.7 Å². The molecule has 2 aromatic rings. The lowest BCUT2D eigenvalue weighted by Gasteiger charge is -2.20. The summed E-state index contributed by atoms with van der Waals surface area (Å²) in [5.74, 6) is 0.00701. The normalized spacial score (nSPS) is 11.0. The molecular formula is C21H24Cl2N2O5. The number of nitrogens with zero attached hydrogens (tertiary/aromatic N) is 1. The second-order valence-corrected chi connectivity index (χ2v) is 8.17. The second kappa shape index (κ2) is 10.5. The summed E-state index contributed by atoms with van der Waals surface area (Å²) in [6.45, 7) is 5.40. The van der Waals surface area contributed by atoms with Crippen molar-refractivity contribution >= 4 is 41.0 Å². The third kappa shape index (κ3) is 7.39. The number of anilines is 1. The van der Waals surface area contributed by atoms with Gasteiger partial charge in [0.15, 0.2) is 0 Å². The Morgan fingerprint density at radius 3 is 2.43 bits per heavy atom. The van der Waals surface area contributed by atoms with Crippen LogP contribution in [0.3, 0.4) is 0 Å². The van der Waals surface area contributed by atoms with Gasteiger partial charge in [-0.05, 0) is 32.9 Å². The number of rotatable bonds is 7. The molecule has 0 spiro atoms. The Hall–Kier alpha value is -2.51. The lowest BCUT2D eigenvalue weighted by atomic mass is 10.2. The molecule has 0 radical (unpaired) electrons. The van der Waals surface area contributed by atoms with Gasteiger partial charge in [-0.2, -0.15) is 0 Å². The van der Waals surface area contributed by atoms with Crippen LogP contribution in [0.25, 0.3) is 0 Å². The number of carbonyl (C=O) groups is 2. The highest BCUT2D eigenvalue weighted by Crippen LogP contribution is 2.27. The fourth-order valence-corrected chi connectivity index (χ4v) is 2.93. The van der Waals surface area contributed by atoms with Crippen molar-refractivity contribution in [3.8, 4) is 5.75 Å². The van der Waals surface area contributed by atoms with Gasteiger partial charge < -0.3 is 14.2 Å². The van der Waals surface area contributed by atoms with Gasteiger partial charge in [0.1, 0.15) is 18.0 Å².